The van der Waals surface area contributed by atoms with Gasteiger partial charge in [0.15, 0.2) is 0 Å². The van der Waals surface area contributed by atoms with Crippen LogP contribution in [0.5, 0.6) is 0 Å². The number of nitrogens with one attached hydrogen (secondary N) is 1. The van der Waals surface area contributed by atoms with Gasteiger partial charge in [-0.15, -0.1) is 0 Å². The molecule has 1 N–H and O–H groups in total. The summed E-state index contributed by atoms with van der Waals surface area (Å²) in [7, 11) is -1.86. The normalized spacial score (nSPS) is 12.7. The van der Waals surface area contributed by atoms with Crippen LogP contribution in [0.1, 0.15) is 43.9 Å². The van der Waals surface area contributed by atoms with Gasteiger partial charge in [-0.2, -0.15) is 0 Å². The van der Waals surface area contributed by atoms with Crippen molar-refractivity contribution in [1.82, 2.24) is 4.72 Å². The lowest BCUT2D eigenvalue weighted by Crippen LogP contribution is -2.27. The Kier molecular flexibility index (Phi) is 5.96. The minimum Gasteiger partial charge on any atom is -0.385 e. The van der Waals surface area contributed by atoms with Crippen LogP contribution in [0.4, 0.5) is 0 Å². The zero-order valence-electron chi connectivity index (χ0n) is 13.9. The molecule has 0 unspecified atom stereocenters. The third kappa shape index (κ3) is 4.80. The van der Waals surface area contributed by atoms with Gasteiger partial charge in [0.2, 0.25) is 10.0 Å². The van der Waals surface area contributed by atoms with Gasteiger partial charge in [0.25, 0.3) is 0 Å². The number of hydrogen-bond donors (Lipinski definition) is 1. The van der Waals surface area contributed by atoms with Crippen molar-refractivity contribution in [2.45, 2.75) is 51.3 Å². The predicted octanol–water partition coefficient (Wildman–Crippen LogP) is 2.92. The first-order valence-corrected chi connectivity index (χ1v) is 8.68. The molecular formula is C16H27NO3S. The number of sulfonamides is 1. The van der Waals surface area contributed by atoms with Gasteiger partial charge in [-0.05, 0) is 42.4 Å². The van der Waals surface area contributed by atoms with E-state index >= 15 is 0 Å². The van der Waals surface area contributed by atoms with Crippen molar-refractivity contribution in [2.24, 2.45) is 0 Å². The van der Waals surface area contributed by atoms with Gasteiger partial charge in [0, 0.05) is 20.3 Å². The summed E-state index contributed by atoms with van der Waals surface area (Å²) in [6, 6.07) is 3.94. The van der Waals surface area contributed by atoms with E-state index in [0.29, 0.717) is 24.5 Å². The molecule has 0 aliphatic heterocycles. The van der Waals surface area contributed by atoms with Gasteiger partial charge in [-0.1, -0.05) is 32.9 Å². The maximum Gasteiger partial charge on any atom is 0.241 e. The quantitative estimate of drug-likeness (QED) is 0.822. The van der Waals surface area contributed by atoms with Crippen LogP contribution < -0.4 is 4.72 Å². The van der Waals surface area contributed by atoms with Gasteiger partial charge in [-0.25, -0.2) is 13.1 Å². The first-order chi connectivity index (χ1) is 9.59. The molecular weight excluding hydrogens is 286 g/mol. The third-order valence-electron chi connectivity index (χ3n) is 3.41. The molecule has 1 aromatic carbocycles. The number of aryl methyl sites for hydroxylation is 2. The number of benzene rings is 1. The molecule has 0 aliphatic carbocycles. The summed E-state index contributed by atoms with van der Waals surface area (Å²) < 4.78 is 32.5. The van der Waals surface area contributed by atoms with Crippen LogP contribution >= 0.6 is 0 Å². The first-order valence-electron chi connectivity index (χ1n) is 7.20. The van der Waals surface area contributed by atoms with E-state index < -0.39 is 10.0 Å². The molecule has 0 aromatic heterocycles. The van der Waals surface area contributed by atoms with Gasteiger partial charge >= 0.3 is 0 Å². The van der Waals surface area contributed by atoms with Crippen LogP contribution in [0.25, 0.3) is 0 Å². The Morgan fingerprint density at radius 3 is 2.10 bits per heavy atom. The molecule has 4 nitrogen and oxygen atoms in total. The highest BCUT2D eigenvalue weighted by atomic mass is 32.2. The summed E-state index contributed by atoms with van der Waals surface area (Å²) in [5.41, 5.74) is 2.73. The SMILES string of the molecule is COCCCNS(=O)(=O)c1c(C)cc(C(C)(C)C)cc1C. The molecule has 5 heteroatoms. The van der Waals surface area contributed by atoms with E-state index in [4.69, 9.17) is 4.74 Å². The number of methoxy groups -OCH3 is 1. The maximum atomic E-state index is 12.4. The molecule has 0 fully saturated rings. The van der Waals surface area contributed by atoms with Crippen molar-refractivity contribution in [3.8, 4) is 0 Å². The Morgan fingerprint density at radius 2 is 1.67 bits per heavy atom. The summed E-state index contributed by atoms with van der Waals surface area (Å²) in [4.78, 5) is 0.396. The van der Waals surface area contributed by atoms with E-state index in [1.165, 1.54) is 0 Å². The van der Waals surface area contributed by atoms with Gasteiger partial charge in [-0.3, -0.25) is 0 Å². The Labute approximate surface area is 129 Å². The molecule has 0 aliphatic rings. The zero-order chi connectivity index (χ0) is 16.3. The third-order valence-corrected chi connectivity index (χ3v) is 5.18. The highest BCUT2D eigenvalue weighted by Crippen LogP contribution is 2.28. The average Bonchev–Trinajstić information content (AvgIpc) is 2.32. The summed E-state index contributed by atoms with van der Waals surface area (Å²) in [6.45, 7) is 11.0. The van der Waals surface area contributed by atoms with E-state index in [1.54, 1.807) is 7.11 Å². The fraction of sp³-hybridized carbons (Fsp3) is 0.625. The topological polar surface area (TPSA) is 55.4 Å². The van der Waals surface area contributed by atoms with E-state index in [0.717, 1.165) is 16.7 Å². The maximum absolute atomic E-state index is 12.4. The fourth-order valence-corrected chi connectivity index (χ4v) is 3.83. The molecule has 0 saturated heterocycles. The Morgan fingerprint density at radius 1 is 1.14 bits per heavy atom. The second-order valence-electron chi connectivity index (χ2n) is 6.43. The number of rotatable bonds is 6. The minimum absolute atomic E-state index is 0.00368. The fourth-order valence-electron chi connectivity index (χ4n) is 2.30. The molecule has 0 heterocycles. The largest absolute Gasteiger partial charge is 0.385 e. The zero-order valence-corrected chi connectivity index (χ0v) is 14.7. The molecule has 0 spiro atoms. The van der Waals surface area contributed by atoms with E-state index in [9.17, 15) is 8.42 Å². The van der Waals surface area contributed by atoms with Crippen molar-refractivity contribution in [1.29, 1.82) is 0 Å². The van der Waals surface area contributed by atoms with Crippen molar-refractivity contribution in [3.05, 3.63) is 28.8 Å². The minimum atomic E-state index is -3.47. The summed E-state index contributed by atoms with van der Waals surface area (Å²) in [5.74, 6) is 0. The number of ether oxygens (including phenoxy) is 1. The van der Waals surface area contributed by atoms with Crippen LogP contribution in [0.15, 0.2) is 17.0 Å². The summed E-state index contributed by atoms with van der Waals surface area (Å²) in [5, 5.41) is 0. The van der Waals surface area contributed by atoms with E-state index in [2.05, 4.69) is 25.5 Å². The molecule has 1 rings (SSSR count). The summed E-state index contributed by atoms with van der Waals surface area (Å²) >= 11 is 0. The summed E-state index contributed by atoms with van der Waals surface area (Å²) in [6.07, 6.45) is 0.661. The molecule has 0 atom stereocenters. The van der Waals surface area contributed by atoms with Crippen LogP contribution in [0.2, 0.25) is 0 Å². The average molecular weight is 313 g/mol. The van der Waals surface area contributed by atoms with Crippen LogP contribution in [-0.2, 0) is 20.2 Å². The Hall–Kier alpha value is -0.910. The predicted molar refractivity (Wildman–Crippen MR) is 86.3 cm³/mol. The lowest BCUT2D eigenvalue weighted by Gasteiger charge is -2.22. The lowest BCUT2D eigenvalue weighted by molar-refractivity contribution is 0.196. The highest BCUT2D eigenvalue weighted by molar-refractivity contribution is 7.89. The molecule has 0 radical (unpaired) electrons. The van der Waals surface area contributed by atoms with Crippen molar-refractivity contribution < 1.29 is 13.2 Å². The Balaban J connectivity index is 3.08. The molecule has 120 valence electrons. The van der Waals surface area contributed by atoms with Gasteiger partial charge in [0.1, 0.15) is 0 Å². The van der Waals surface area contributed by atoms with Crippen LogP contribution in [-0.4, -0.2) is 28.7 Å². The van der Waals surface area contributed by atoms with E-state index in [-0.39, 0.29) is 5.41 Å². The molecule has 1 aromatic rings. The lowest BCUT2D eigenvalue weighted by atomic mass is 9.85. The van der Waals surface area contributed by atoms with Crippen molar-refractivity contribution >= 4 is 10.0 Å². The highest BCUT2D eigenvalue weighted by Gasteiger charge is 2.22. The first kappa shape index (κ1) is 18.1. The van der Waals surface area contributed by atoms with Gasteiger partial charge < -0.3 is 4.74 Å². The molecule has 21 heavy (non-hydrogen) atoms. The second-order valence-corrected chi connectivity index (χ2v) is 8.14. The van der Waals surface area contributed by atoms with E-state index in [1.807, 2.05) is 26.0 Å². The molecule has 0 bridgehead atoms. The van der Waals surface area contributed by atoms with Gasteiger partial charge in [0.05, 0.1) is 4.90 Å². The number of hydrogen-bond acceptors (Lipinski definition) is 3. The van der Waals surface area contributed by atoms with Crippen LogP contribution in [0.3, 0.4) is 0 Å². The van der Waals surface area contributed by atoms with Crippen LogP contribution in [0, 0.1) is 13.8 Å². The monoisotopic (exact) mass is 313 g/mol. The molecule has 0 saturated carbocycles. The van der Waals surface area contributed by atoms with Crippen molar-refractivity contribution in [3.63, 3.8) is 0 Å². The molecule has 0 amide bonds. The second kappa shape index (κ2) is 6.90. The standard InChI is InChI=1S/C16H27NO3S/c1-12-10-14(16(3,4)5)11-13(2)15(12)21(18,19)17-8-7-9-20-6/h10-11,17H,7-9H2,1-6H3. The van der Waals surface area contributed by atoms with Crippen molar-refractivity contribution in [2.75, 3.05) is 20.3 Å². The Bertz CT molecular complexity index is 563. The smallest absolute Gasteiger partial charge is 0.241 e.